The molecule has 1 saturated carbocycles. The van der Waals surface area contributed by atoms with E-state index < -0.39 is 30.5 Å². The van der Waals surface area contributed by atoms with Crippen molar-refractivity contribution in [3.8, 4) is 0 Å². The van der Waals surface area contributed by atoms with Crippen LogP contribution < -0.4 is 0 Å². The van der Waals surface area contributed by atoms with Crippen LogP contribution in [0.15, 0.2) is 91.0 Å². The summed E-state index contributed by atoms with van der Waals surface area (Å²) in [5, 5.41) is 0. The fourth-order valence-corrected chi connectivity index (χ4v) is 5.38. The van der Waals surface area contributed by atoms with E-state index in [1.54, 1.807) is 4.90 Å². The largest absolute Gasteiger partial charge is 0.441 e. The molecule has 3 fully saturated rings. The van der Waals surface area contributed by atoms with Crippen molar-refractivity contribution in [2.75, 3.05) is 6.79 Å². The monoisotopic (exact) mass is 487 g/mol. The Kier molecular flexibility index (Phi) is 6.70. The van der Waals surface area contributed by atoms with Crippen molar-refractivity contribution >= 4 is 6.09 Å². The molecule has 6 atom stereocenters. The zero-order valence-electron chi connectivity index (χ0n) is 19.8. The van der Waals surface area contributed by atoms with Crippen molar-refractivity contribution in [1.82, 2.24) is 4.90 Å². The van der Waals surface area contributed by atoms with E-state index in [9.17, 15) is 4.79 Å². The molecule has 1 amide bonds. The van der Waals surface area contributed by atoms with E-state index in [1.165, 1.54) is 0 Å². The van der Waals surface area contributed by atoms with Gasteiger partial charge in [0.15, 0.2) is 6.10 Å². The number of rotatable bonds is 8. The summed E-state index contributed by atoms with van der Waals surface area (Å²) in [5.41, 5.74) is 3.11. The average Bonchev–Trinajstić information content (AvgIpc) is 3.53. The lowest BCUT2D eigenvalue weighted by Gasteiger charge is -2.44. The Hall–Kier alpha value is -3.23. The number of fused-ring (bicyclic) bond motifs is 3. The molecule has 0 spiro atoms. The van der Waals surface area contributed by atoms with Crippen LogP contribution in [0.3, 0.4) is 0 Å². The zero-order chi connectivity index (χ0) is 24.3. The van der Waals surface area contributed by atoms with Crippen molar-refractivity contribution in [3.05, 3.63) is 108 Å². The maximum absolute atomic E-state index is 13.2. The van der Waals surface area contributed by atoms with Crippen molar-refractivity contribution in [3.63, 3.8) is 0 Å². The molecule has 3 aromatic carbocycles. The lowest BCUT2D eigenvalue weighted by Crippen LogP contribution is -2.65. The second-order valence-electron chi connectivity index (χ2n) is 9.36. The second kappa shape index (κ2) is 10.4. The van der Waals surface area contributed by atoms with Gasteiger partial charge in [0.1, 0.15) is 37.3 Å². The topological polar surface area (TPSA) is 66.5 Å². The number of ether oxygens (including phenoxy) is 5. The highest BCUT2D eigenvalue weighted by Crippen LogP contribution is 2.41. The van der Waals surface area contributed by atoms with E-state index in [2.05, 4.69) is 0 Å². The molecule has 2 saturated heterocycles. The maximum Gasteiger partial charge on any atom is 0.410 e. The zero-order valence-corrected chi connectivity index (χ0v) is 19.8. The number of hydrogen-bond acceptors (Lipinski definition) is 6. The molecule has 1 aliphatic carbocycles. The Bertz CT molecular complexity index is 1140. The third kappa shape index (κ3) is 4.63. The van der Waals surface area contributed by atoms with Crippen LogP contribution in [0.1, 0.15) is 16.7 Å². The molecular weight excluding hydrogens is 458 g/mol. The molecule has 3 aliphatic rings. The molecule has 7 nitrogen and oxygen atoms in total. The van der Waals surface area contributed by atoms with Crippen LogP contribution in [0.2, 0.25) is 0 Å². The van der Waals surface area contributed by atoms with Gasteiger partial charge < -0.3 is 23.7 Å². The number of amides is 1. The molecule has 0 unspecified atom stereocenters. The molecule has 0 bridgehead atoms. The molecule has 2 heterocycles. The minimum Gasteiger partial charge on any atom is -0.441 e. The summed E-state index contributed by atoms with van der Waals surface area (Å²) in [6.45, 7) is 1.32. The van der Waals surface area contributed by atoms with Crippen LogP contribution in [0, 0.1) is 0 Å². The third-order valence-corrected chi connectivity index (χ3v) is 7.09. The van der Waals surface area contributed by atoms with Gasteiger partial charge in [-0.05, 0) is 16.7 Å². The summed E-state index contributed by atoms with van der Waals surface area (Å²) < 4.78 is 30.9. The van der Waals surface area contributed by atoms with Gasteiger partial charge in [-0.15, -0.1) is 0 Å². The van der Waals surface area contributed by atoms with Crippen LogP contribution in [0.25, 0.3) is 0 Å². The molecule has 0 aromatic heterocycles. The number of carbonyl (C=O) groups is 1. The van der Waals surface area contributed by atoms with Crippen molar-refractivity contribution in [2.24, 2.45) is 0 Å². The fourth-order valence-electron chi connectivity index (χ4n) is 5.38. The quantitative estimate of drug-likeness (QED) is 0.472. The standard InChI is InChI=1S/C29H29NO6/c31-29-30(16-20-10-4-1-5-11-20)23-24(32-17-21-12-6-2-7-13-21)26(33-18-22-14-8-3-9-15-22)28-27(25(23)36-29)34-19-35-28/h1-15,23-28H,16-19H2/t23-,24+,25-,26-,27+,28-/m1/s1. The van der Waals surface area contributed by atoms with E-state index in [1.807, 2.05) is 91.0 Å². The van der Waals surface area contributed by atoms with E-state index in [0.717, 1.165) is 16.7 Å². The Morgan fingerprint density at radius 1 is 0.667 bits per heavy atom. The number of hydrogen-bond donors (Lipinski definition) is 0. The first kappa shape index (κ1) is 23.2. The number of nitrogens with zero attached hydrogens (tertiary/aromatic N) is 1. The summed E-state index contributed by atoms with van der Waals surface area (Å²) in [5.74, 6) is 0. The SMILES string of the molecule is O=C1O[C@H]2[C@@H]3OCO[C@@H]3[C@H](OCc3ccccc3)[C@@H](OCc3ccccc3)[C@H]2N1Cc1ccccc1. The first-order valence-corrected chi connectivity index (χ1v) is 12.3. The van der Waals surface area contributed by atoms with Crippen LogP contribution in [0.4, 0.5) is 4.79 Å². The Labute approximate surface area is 210 Å². The molecule has 0 radical (unpaired) electrons. The third-order valence-electron chi connectivity index (χ3n) is 7.09. The van der Waals surface area contributed by atoms with E-state index in [4.69, 9.17) is 23.7 Å². The molecule has 7 heteroatoms. The van der Waals surface area contributed by atoms with Gasteiger partial charge in [-0.3, -0.25) is 4.90 Å². The van der Waals surface area contributed by atoms with E-state index in [0.29, 0.717) is 19.8 Å². The first-order valence-electron chi connectivity index (χ1n) is 12.3. The van der Waals surface area contributed by atoms with Gasteiger partial charge in [-0.1, -0.05) is 91.0 Å². The average molecular weight is 488 g/mol. The van der Waals surface area contributed by atoms with Gasteiger partial charge in [-0.2, -0.15) is 0 Å². The highest BCUT2D eigenvalue weighted by molar-refractivity contribution is 5.71. The number of carbonyl (C=O) groups excluding carboxylic acids is 1. The molecule has 6 rings (SSSR count). The highest BCUT2D eigenvalue weighted by atomic mass is 16.7. The summed E-state index contributed by atoms with van der Waals surface area (Å²) in [6, 6.07) is 29.5. The molecule has 2 aliphatic heterocycles. The van der Waals surface area contributed by atoms with Gasteiger partial charge in [0, 0.05) is 6.54 Å². The lowest BCUT2D eigenvalue weighted by atomic mass is 9.82. The minimum absolute atomic E-state index is 0.130. The molecule has 36 heavy (non-hydrogen) atoms. The highest BCUT2D eigenvalue weighted by Gasteiger charge is 2.62. The first-order chi connectivity index (χ1) is 17.8. The van der Waals surface area contributed by atoms with E-state index >= 15 is 0 Å². The van der Waals surface area contributed by atoms with Crippen molar-refractivity contribution < 1.29 is 28.5 Å². The predicted octanol–water partition coefficient (Wildman–Crippen LogP) is 4.30. The van der Waals surface area contributed by atoms with Crippen molar-refractivity contribution in [1.29, 1.82) is 0 Å². The van der Waals surface area contributed by atoms with Gasteiger partial charge in [-0.25, -0.2) is 4.79 Å². The normalized spacial score (nSPS) is 29.0. The van der Waals surface area contributed by atoms with Gasteiger partial charge >= 0.3 is 6.09 Å². The summed E-state index contributed by atoms with van der Waals surface area (Å²) in [6.07, 6.45) is -2.63. The minimum atomic E-state index is -0.508. The fraction of sp³-hybridized carbons (Fsp3) is 0.345. The smallest absolute Gasteiger partial charge is 0.410 e. The second-order valence-corrected chi connectivity index (χ2v) is 9.36. The van der Waals surface area contributed by atoms with Crippen LogP contribution >= 0.6 is 0 Å². The Morgan fingerprint density at radius 2 is 1.19 bits per heavy atom. The van der Waals surface area contributed by atoms with Crippen LogP contribution in [-0.4, -0.2) is 54.3 Å². The predicted molar refractivity (Wildman–Crippen MR) is 131 cm³/mol. The molecule has 3 aromatic rings. The van der Waals surface area contributed by atoms with Gasteiger partial charge in [0.25, 0.3) is 0 Å². The molecule has 186 valence electrons. The Morgan fingerprint density at radius 3 is 1.81 bits per heavy atom. The maximum atomic E-state index is 13.2. The lowest BCUT2D eigenvalue weighted by molar-refractivity contribution is -0.190. The Balaban J connectivity index is 1.32. The van der Waals surface area contributed by atoms with Gasteiger partial charge in [0.2, 0.25) is 0 Å². The van der Waals surface area contributed by atoms with E-state index in [-0.39, 0.29) is 18.9 Å². The summed E-state index contributed by atoms with van der Waals surface area (Å²) in [4.78, 5) is 14.9. The molecular formula is C29H29NO6. The van der Waals surface area contributed by atoms with Gasteiger partial charge in [0.05, 0.1) is 13.2 Å². The molecule has 0 N–H and O–H groups in total. The number of benzene rings is 3. The van der Waals surface area contributed by atoms with Crippen molar-refractivity contribution in [2.45, 2.75) is 56.3 Å². The summed E-state index contributed by atoms with van der Waals surface area (Å²) >= 11 is 0. The summed E-state index contributed by atoms with van der Waals surface area (Å²) in [7, 11) is 0. The van der Waals surface area contributed by atoms with Crippen LogP contribution in [0.5, 0.6) is 0 Å². The van der Waals surface area contributed by atoms with Crippen LogP contribution in [-0.2, 0) is 43.4 Å².